The van der Waals surface area contributed by atoms with E-state index in [4.69, 9.17) is 5.11 Å². The van der Waals surface area contributed by atoms with Crippen molar-refractivity contribution in [1.29, 1.82) is 0 Å². The summed E-state index contributed by atoms with van der Waals surface area (Å²) in [6.07, 6.45) is 0.0603. The lowest BCUT2D eigenvalue weighted by atomic mass is 10.1. The lowest BCUT2D eigenvalue weighted by Gasteiger charge is -2.14. The van der Waals surface area contributed by atoms with E-state index in [-0.39, 0.29) is 12.0 Å². The molecule has 19 heavy (non-hydrogen) atoms. The van der Waals surface area contributed by atoms with Gasteiger partial charge in [0.1, 0.15) is 6.04 Å². The molecule has 1 rings (SSSR count). The molecule has 1 aromatic carbocycles. The molecule has 6 heteroatoms. The van der Waals surface area contributed by atoms with Gasteiger partial charge in [-0.25, -0.2) is 13.6 Å². The first-order chi connectivity index (χ1) is 8.81. The molecule has 0 aliphatic carbocycles. The molecule has 0 saturated carbocycles. The maximum atomic E-state index is 13.0. The van der Waals surface area contributed by atoms with Crippen molar-refractivity contribution in [3.8, 4) is 0 Å². The third kappa shape index (κ3) is 4.17. The van der Waals surface area contributed by atoms with Crippen LogP contribution in [0.4, 0.5) is 8.78 Å². The normalized spacial score (nSPS) is 11.7. The van der Waals surface area contributed by atoms with Crippen LogP contribution in [0.25, 0.3) is 0 Å². The largest absolute Gasteiger partial charge is 0.480 e. The predicted octanol–water partition coefficient (Wildman–Crippen LogP) is 2.11. The first kappa shape index (κ1) is 14.8. The van der Waals surface area contributed by atoms with Crippen LogP contribution in [0.15, 0.2) is 30.4 Å². The smallest absolute Gasteiger partial charge is 0.326 e. The van der Waals surface area contributed by atoms with Crippen molar-refractivity contribution in [2.75, 3.05) is 0 Å². The van der Waals surface area contributed by atoms with Gasteiger partial charge in [0.05, 0.1) is 0 Å². The number of halogens is 2. The van der Waals surface area contributed by atoms with Crippen LogP contribution in [-0.2, 0) is 4.79 Å². The minimum absolute atomic E-state index is 0.0603. The first-order valence-corrected chi connectivity index (χ1v) is 5.44. The summed E-state index contributed by atoms with van der Waals surface area (Å²) >= 11 is 0. The van der Waals surface area contributed by atoms with Gasteiger partial charge in [-0.05, 0) is 31.5 Å². The maximum absolute atomic E-state index is 13.0. The molecular weight excluding hydrogens is 256 g/mol. The summed E-state index contributed by atoms with van der Waals surface area (Å²) in [6, 6.07) is 1.44. The Balaban J connectivity index is 2.84. The van der Waals surface area contributed by atoms with E-state index in [1.54, 1.807) is 6.92 Å². The van der Waals surface area contributed by atoms with Crippen LogP contribution in [0.2, 0.25) is 0 Å². The van der Waals surface area contributed by atoms with Gasteiger partial charge in [-0.15, -0.1) is 6.58 Å². The molecular formula is C13H13F2NO3. The van der Waals surface area contributed by atoms with Gasteiger partial charge >= 0.3 is 5.97 Å². The number of hydrogen-bond acceptors (Lipinski definition) is 2. The van der Waals surface area contributed by atoms with Crippen LogP contribution in [0, 0.1) is 11.6 Å². The lowest BCUT2D eigenvalue weighted by Crippen LogP contribution is -2.40. The highest BCUT2D eigenvalue weighted by atomic mass is 19.2. The minimum Gasteiger partial charge on any atom is -0.480 e. The van der Waals surface area contributed by atoms with Crippen LogP contribution in [0.1, 0.15) is 23.7 Å². The lowest BCUT2D eigenvalue weighted by molar-refractivity contribution is -0.139. The number of carboxylic acids is 1. The molecule has 0 radical (unpaired) electrons. The van der Waals surface area contributed by atoms with Gasteiger partial charge in [-0.2, -0.15) is 0 Å². The quantitative estimate of drug-likeness (QED) is 0.804. The number of carbonyl (C=O) groups excluding carboxylic acids is 1. The standard InChI is InChI=1S/C13H13F2NO3/c1-7(2)5-11(13(18)19)16-12(17)8-3-4-9(14)10(15)6-8/h3-4,6,11H,1,5H2,2H3,(H,16,17)(H,18,19)/t11-/m0/s1. The van der Waals surface area contributed by atoms with Gasteiger partial charge in [0.2, 0.25) is 0 Å². The van der Waals surface area contributed by atoms with Crippen LogP contribution >= 0.6 is 0 Å². The van der Waals surface area contributed by atoms with Crippen LogP contribution in [-0.4, -0.2) is 23.0 Å². The Bertz CT molecular complexity index is 529. The molecule has 0 aliphatic heterocycles. The monoisotopic (exact) mass is 269 g/mol. The fourth-order valence-electron chi connectivity index (χ4n) is 1.43. The van der Waals surface area contributed by atoms with Gasteiger partial charge in [-0.1, -0.05) is 5.57 Å². The second-order valence-electron chi connectivity index (χ2n) is 4.15. The van der Waals surface area contributed by atoms with E-state index in [9.17, 15) is 18.4 Å². The highest BCUT2D eigenvalue weighted by Gasteiger charge is 2.21. The number of hydrogen-bond donors (Lipinski definition) is 2. The summed E-state index contributed by atoms with van der Waals surface area (Å²) < 4.78 is 25.7. The number of benzene rings is 1. The topological polar surface area (TPSA) is 66.4 Å². The summed E-state index contributed by atoms with van der Waals surface area (Å²) in [7, 11) is 0. The molecule has 0 saturated heterocycles. The van der Waals surface area contributed by atoms with E-state index in [0.29, 0.717) is 11.6 Å². The van der Waals surface area contributed by atoms with E-state index >= 15 is 0 Å². The molecule has 2 N–H and O–H groups in total. The molecule has 0 heterocycles. The number of aliphatic carboxylic acids is 1. The Hall–Kier alpha value is -2.24. The van der Waals surface area contributed by atoms with Crippen molar-refractivity contribution < 1.29 is 23.5 Å². The predicted molar refractivity (Wildman–Crippen MR) is 64.7 cm³/mol. The SMILES string of the molecule is C=C(C)C[C@H](NC(=O)c1ccc(F)c(F)c1)C(=O)O. The minimum atomic E-state index is -1.22. The second-order valence-corrected chi connectivity index (χ2v) is 4.15. The Morgan fingerprint density at radius 3 is 2.47 bits per heavy atom. The average molecular weight is 269 g/mol. The molecule has 0 aliphatic rings. The van der Waals surface area contributed by atoms with Crippen LogP contribution in [0.3, 0.4) is 0 Å². The molecule has 0 spiro atoms. The number of carbonyl (C=O) groups is 2. The molecule has 1 aromatic rings. The van der Waals surface area contributed by atoms with Crippen molar-refractivity contribution in [2.24, 2.45) is 0 Å². The molecule has 4 nitrogen and oxygen atoms in total. The third-order valence-electron chi connectivity index (χ3n) is 2.34. The van der Waals surface area contributed by atoms with Gasteiger partial charge in [0.15, 0.2) is 11.6 Å². The van der Waals surface area contributed by atoms with E-state index in [2.05, 4.69) is 11.9 Å². The Morgan fingerprint density at radius 2 is 2.00 bits per heavy atom. The Kier molecular flexibility index (Phi) is 4.74. The fraction of sp³-hybridized carbons (Fsp3) is 0.231. The van der Waals surface area contributed by atoms with Crippen molar-refractivity contribution in [2.45, 2.75) is 19.4 Å². The zero-order valence-corrected chi connectivity index (χ0v) is 10.2. The Morgan fingerprint density at radius 1 is 1.37 bits per heavy atom. The van der Waals surface area contributed by atoms with Crippen molar-refractivity contribution in [3.05, 3.63) is 47.5 Å². The van der Waals surface area contributed by atoms with Gasteiger partial charge in [0.25, 0.3) is 5.91 Å². The first-order valence-electron chi connectivity index (χ1n) is 5.44. The van der Waals surface area contributed by atoms with E-state index < -0.39 is 29.6 Å². The van der Waals surface area contributed by atoms with Crippen LogP contribution < -0.4 is 5.32 Å². The van der Waals surface area contributed by atoms with E-state index in [0.717, 1.165) is 12.1 Å². The molecule has 0 aromatic heterocycles. The van der Waals surface area contributed by atoms with E-state index in [1.165, 1.54) is 0 Å². The zero-order chi connectivity index (χ0) is 14.6. The molecule has 1 amide bonds. The summed E-state index contributed by atoms with van der Waals surface area (Å²) in [5, 5.41) is 11.1. The number of nitrogens with one attached hydrogen (secondary N) is 1. The molecule has 0 fully saturated rings. The van der Waals surface area contributed by atoms with Gasteiger partial charge < -0.3 is 10.4 Å². The van der Waals surface area contributed by atoms with Crippen molar-refractivity contribution >= 4 is 11.9 Å². The third-order valence-corrected chi connectivity index (χ3v) is 2.34. The van der Waals surface area contributed by atoms with Crippen molar-refractivity contribution in [3.63, 3.8) is 0 Å². The van der Waals surface area contributed by atoms with Gasteiger partial charge in [-0.3, -0.25) is 4.79 Å². The highest BCUT2D eigenvalue weighted by molar-refractivity contribution is 5.96. The summed E-state index contributed by atoms with van der Waals surface area (Å²) in [5.41, 5.74) is 0.435. The zero-order valence-electron chi connectivity index (χ0n) is 10.2. The summed E-state index contributed by atoms with van der Waals surface area (Å²) in [6.45, 7) is 5.18. The average Bonchev–Trinajstić information content (AvgIpc) is 2.31. The van der Waals surface area contributed by atoms with Gasteiger partial charge in [0, 0.05) is 5.56 Å². The van der Waals surface area contributed by atoms with E-state index in [1.807, 2.05) is 0 Å². The van der Waals surface area contributed by atoms with Crippen molar-refractivity contribution in [1.82, 2.24) is 5.32 Å². The maximum Gasteiger partial charge on any atom is 0.326 e. The van der Waals surface area contributed by atoms with Crippen LogP contribution in [0.5, 0.6) is 0 Å². The fourth-order valence-corrected chi connectivity index (χ4v) is 1.43. The molecule has 102 valence electrons. The number of carboxylic acid groups (broad SMARTS) is 1. The highest BCUT2D eigenvalue weighted by Crippen LogP contribution is 2.10. The molecule has 0 bridgehead atoms. The second kappa shape index (κ2) is 6.08. The number of amides is 1. The Labute approximate surface area is 108 Å². The summed E-state index contributed by atoms with van der Waals surface area (Å²) in [4.78, 5) is 22.6. The molecule has 1 atom stereocenters. The number of rotatable bonds is 5. The summed E-state index contributed by atoms with van der Waals surface area (Å²) in [5.74, 6) is -4.25. The molecule has 0 unspecified atom stereocenters.